The normalized spacial score (nSPS) is 23.4. The van der Waals surface area contributed by atoms with Gasteiger partial charge in [0.05, 0.1) is 25.4 Å². The lowest BCUT2D eigenvalue weighted by Crippen LogP contribution is -3.18. The molecule has 6 nitrogen and oxygen atoms in total. The van der Waals surface area contributed by atoms with Crippen molar-refractivity contribution in [3.63, 3.8) is 0 Å². The number of halogens is 1. The van der Waals surface area contributed by atoms with Crippen molar-refractivity contribution in [2.45, 2.75) is 40.2 Å². The Kier molecular flexibility index (Phi) is 6.03. The number of aromatic amines is 1. The molecule has 1 aromatic heterocycles. The van der Waals surface area contributed by atoms with E-state index in [0.29, 0.717) is 22.7 Å². The number of carbonyl (C=O) groups is 2. The first-order chi connectivity index (χ1) is 13.3. The van der Waals surface area contributed by atoms with Gasteiger partial charge in [-0.2, -0.15) is 0 Å². The highest BCUT2D eigenvalue weighted by atomic mass is 19.1. The van der Waals surface area contributed by atoms with Crippen LogP contribution in [0.4, 0.5) is 10.1 Å². The minimum absolute atomic E-state index is 0.137. The second-order valence-corrected chi connectivity index (χ2v) is 8.01. The lowest BCUT2D eigenvalue weighted by Gasteiger charge is -2.35. The Morgan fingerprint density at radius 2 is 2.00 bits per heavy atom. The highest BCUT2D eigenvalue weighted by Crippen LogP contribution is 2.29. The van der Waals surface area contributed by atoms with Crippen LogP contribution < -0.4 is 10.2 Å². The van der Waals surface area contributed by atoms with Gasteiger partial charge in [-0.25, -0.2) is 9.18 Å². The number of quaternary nitrogens is 1. The summed E-state index contributed by atoms with van der Waals surface area (Å²) in [6.45, 7) is 10.1. The molecule has 0 aliphatic carbocycles. The third-order valence-electron chi connectivity index (χ3n) is 5.52. The van der Waals surface area contributed by atoms with Gasteiger partial charge >= 0.3 is 5.97 Å². The van der Waals surface area contributed by atoms with Gasteiger partial charge in [0, 0.05) is 22.7 Å². The molecule has 1 aliphatic rings. The Morgan fingerprint density at radius 1 is 1.32 bits per heavy atom. The standard InChI is InChI=1S/C21H28FN3O3/c1-5-28-21(27)19-18(16-9-15(22)6-7-17(16)23-19)24-20(26)14(4)25-10-12(2)8-13(3)11-25/h6-7,9,12-14,23H,5,8,10-11H2,1-4H3,(H,24,26)/p+1/t12-,13+,14-/m0/s1. The maximum absolute atomic E-state index is 13.8. The fourth-order valence-electron chi connectivity index (χ4n) is 4.25. The average Bonchev–Trinajstić information content (AvgIpc) is 2.98. The van der Waals surface area contributed by atoms with Gasteiger partial charge in [0.1, 0.15) is 11.5 Å². The second-order valence-electron chi connectivity index (χ2n) is 8.01. The zero-order valence-electron chi connectivity index (χ0n) is 16.9. The number of ether oxygens (including phenoxy) is 1. The number of fused-ring (bicyclic) bond motifs is 1. The van der Waals surface area contributed by atoms with Gasteiger partial charge < -0.3 is 19.9 Å². The molecule has 1 unspecified atom stereocenters. The molecule has 7 heteroatoms. The van der Waals surface area contributed by atoms with Crippen molar-refractivity contribution in [3.8, 4) is 0 Å². The van der Waals surface area contributed by atoms with Gasteiger partial charge in [-0.3, -0.25) is 4.79 Å². The SMILES string of the molecule is CCOC(=O)c1[nH]c2ccc(F)cc2c1NC(=O)[C@H](C)[NH+]1C[C@H](C)C[C@H](C)C1. The first-order valence-electron chi connectivity index (χ1n) is 9.93. The number of amides is 1. The van der Waals surface area contributed by atoms with Crippen molar-refractivity contribution >= 4 is 28.5 Å². The van der Waals surface area contributed by atoms with E-state index in [1.807, 2.05) is 6.92 Å². The molecule has 3 rings (SSSR count). The minimum Gasteiger partial charge on any atom is -0.461 e. The summed E-state index contributed by atoms with van der Waals surface area (Å²) in [5.74, 6) is -0.0750. The predicted octanol–water partition coefficient (Wildman–Crippen LogP) is 2.37. The Bertz CT molecular complexity index is 869. The topological polar surface area (TPSA) is 75.6 Å². The molecular weight excluding hydrogens is 361 g/mol. The zero-order valence-corrected chi connectivity index (χ0v) is 16.9. The fraction of sp³-hybridized carbons (Fsp3) is 0.524. The maximum Gasteiger partial charge on any atom is 0.356 e. The molecule has 1 aromatic carbocycles. The van der Waals surface area contributed by atoms with Crippen LogP contribution in [-0.2, 0) is 9.53 Å². The fourth-order valence-corrected chi connectivity index (χ4v) is 4.25. The molecule has 0 spiro atoms. The molecule has 0 radical (unpaired) electrons. The van der Waals surface area contributed by atoms with Crippen molar-refractivity contribution in [2.75, 3.05) is 25.0 Å². The maximum atomic E-state index is 13.8. The van der Waals surface area contributed by atoms with Gasteiger partial charge in [0.2, 0.25) is 0 Å². The van der Waals surface area contributed by atoms with E-state index in [-0.39, 0.29) is 29.9 Å². The molecule has 3 N–H and O–H groups in total. The van der Waals surface area contributed by atoms with Gasteiger partial charge in [-0.1, -0.05) is 13.8 Å². The van der Waals surface area contributed by atoms with E-state index >= 15 is 0 Å². The molecular formula is C21H29FN3O3+. The number of hydrogen-bond acceptors (Lipinski definition) is 3. The highest BCUT2D eigenvalue weighted by Gasteiger charge is 2.33. The lowest BCUT2D eigenvalue weighted by molar-refractivity contribution is -0.925. The van der Waals surface area contributed by atoms with E-state index in [1.165, 1.54) is 23.5 Å². The molecule has 1 aliphatic heterocycles. The molecule has 1 amide bonds. The van der Waals surface area contributed by atoms with Gasteiger partial charge in [0.15, 0.2) is 6.04 Å². The number of hydrogen-bond donors (Lipinski definition) is 3. The number of rotatable bonds is 5. The van der Waals surface area contributed by atoms with Gasteiger partial charge in [-0.05, 0) is 38.5 Å². The van der Waals surface area contributed by atoms with Crippen LogP contribution in [0.1, 0.15) is 44.6 Å². The minimum atomic E-state index is -0.574. The van der Waals surface area contributed by atoms with Crippen LogP contribution >= 0.6 is 0 Å². The van der Waals surface area contributed by atoms with Crippen LogP contribution in [0.2, 0.25) is 0 Å². The molecule has 1 fully saturated rings. The number of carbonyl (C=O) groups excluding carboxylic acids is 2. The van der Waals surface area contributed by atoms with E-state index < -0.39 is 11.8 Å². The zero-order chi connectivity index (χ0) is 20.4. The number of anilines is 1. The predicted molar refractivity (Wildman–Crippen MR) is 106 cm³/mol. The van der Waals surface area contributed by atoms with Crippen LogP contribution in [0, 0.1) is 17.7 Å². The first kappa shape index (κ1) is 20.3. The van der Waals surface area contributed by atoms with E-state index in [1.54, 1.807) is 13.0 Å². The summed E-state index contributed by atoms with van der Waals surface area (Å²) in [6, 6.07) is 3.89. The molecule has 0 bridgehead atoms. The van der Waals surface area contributed by atoms with Crippen molar-refractivity contribution in [2.24, 2.45) is 11.8 Å². The van der Waals surface area contributed by atoms with E-state index in [0.717, 1.165) is 13.1 Å². The summed E-state index contributed by atoms with van der Waals surface area (Å²) < 4.78 is 18.9. The molecule has 0 saturated carbocycles. The quantitative estimate of drug-likeness (QED) is 0.686. The van der Waals surface area contributed by atoms with Gasteiger partial charge in [0.25, 0.3) is 5.91 Å². The van der Waals surface area contributed by atoms with E-state index in [2.05, 4.69) is 24.1 Å². The van der Waals surface area contributed by atoms with Crippen molar-refractivity contribution in [1.82, 2.24) is 4.98 Å². The van der Waals surface area contributed by atoms with Crippen molar-refractivity contribution in [1.29, 1.82) is 0 Å². The van der Waals surface area contributed by atoms with Crippen LogP contribution in [0.5, 0.6) is 0 Å². The summed E-state index contributed by atoms with van der Waals surface area (Å²) in [5.41, 5.74) is 0.987. The smallest absolute Gasteiger partial charge is 0.356 e. The number of H-pyrrole nitrogens is 1. The Morgan fingerprint density at radius 3 is 2.64 bits per heavy atom. The molecule has 4 atom stereocenters. The summed E-state index contributed by atoms with van der Waals surface area (Å²) in [5, 5.41) is 3.33. The van der Waals surface area contributed by atoms with E-state index in [4.69, 9.17) is 4.74 Å². The van der Waals surface area contributed by atoms with Crippen LogP contribution in [0.15, 0.2) is 18.2 Å². The largest absolute Gasteiger partial charge is 0.461 e. The van der Waals surface area contributed by atoms with Crippen LogP contribution in [0.3, 0.4) is 0 Å². The molecule has 2 aromatic rings. The number of nitrogens with one attached hydrogen (secondary N) is 3. The molecule has 2 heterocycles. The molecule has 28 heavy (non-hydrogen) atoms. The number of likely N-dealkylation sites (tertiary alicyclic amines) is 1. The second kappa shape index (κ2) is 8.31. The first-order valence-corrected chi connectivity index (χ1v) is 9.93. The Balaban J connectivity index is 1.89. The van der Waals surface area contributed by atoms with Crippen molar-refractivity contribution < 1.29 is 23.6 Å². The third-order valence-corrected chi connectivity index (χ3v) is 5.52. The summed E-state index contributed by atoms with van der Waals surface area (Å²) in [7, 11) is 0. The van der Waals surface area contributed by atoms with Gasteiger partial charge in [-0.15, -0.1) is 0 Å². The van der Waals surface area contributed by atoms with Crippen LogP contribution in [0.25, 0.3) is 10.9 Å². The Labute approximate surface area is 164 Å². The summed E-state index contributed by atoms with van der Waals surface area (Å²) in [6.07, 6.45) is 1.17. The van der Waals surface area contributed by atoms with E-state index in [9.17, 15) is 14.0 Å². The number of aromatic nitrogens is 1. The molecule has 152 valence electrons. The highest BCUT2D eigenvalue weighted by molar-refractivity contribution is 6.11. The summed E-state index contributed by atoms with van der Waals surface area (Å²) in [4.78, 5) is 29.5. The monoisotopic (exact) mass is 390 g/mol. The number of piperidine rings is 1. The number of benzene rings is 1. The molecule has 1 saturated heterocycles. The van der Waals surface area contributed by atoms with Crippen molar-refractivity contribution in [3.05, 3.63) is 29.7 Å². The van der Waals surface area contributed by atoms with Crippen LogP contribution in [-0.4, -0.2) is 42.6 Å². The average molecular weight is 390 g/mol. The number of esters is 1. The third kappa shape index (κ3) is 4.19. The Hall–Kier alpha value is -2.41. The lowest BCUT2D eigenvalue weighted by atomic mass is 9.91. The summed E-state index contributed by atoms with van der Waals surface area (Å²) >= 11 is 0.